The molecule has 1 aliphatic carbocycles. The highest BCUT2D eigenvalue weighted by molar-refractivity contribution is 6.32. The van der Waals surface area contributed by atoms with Crippen LogP contribution in [-0.4, -0.2) is 33.5 Å². The first-order valence-corrected chi connectivity index (χ1v) is 5.86. The lowest BCUT2D eigenvalue weighted by molar-refractivity contribution is 0.112. The van der Waals surface area contributed by atoms with Gasteiger partial charge in [0.05, 0.1) is 17.7 Å². The number of nitrogens with zero attached hydrogens (tertiary/aromatic N) is 2. The fourth-order valence-corrected chi connectivity index (χ4v) is 2.18. The normalized spacial score (nSPS) is 17.4. The predicted molar refractivity (Wildman–Crippen MR) is 64.5 cm³/mol. The second-order valence-corrected chi connectivity index (χ2v) is 4.72. The molecule has 17 heavy (non-hydrogen) atoms. The van der Waals surface area contributed by atoms with E-state index in [-0.39, 0.29) is 22.9 Å². The minimum atomic E-state index is -0.359. The maximum absolute atomic E-state index is 11.0. The lowest BCUT2D eigenvalue weighted by Gasteiger charge is -2.41. The number of aliphatic hydroxyl groups excluding tert-OH is 1. The van der Waals surface area contributed by atoms with Crippen LogP contribution in [0.25, 0.3) is 0 Å². The molecule has 0 atom stereocenters. The third kappa shape index (κ3) is 2.25. The van der Waals surface area contributed by atoms with Crippen molar-refractivity contribution in [2.45, 2.75) is 31.7 Å². The Morgan fingerprint density at radius 3 is 2.71 bits per heavy atom. The van der Waals surface area contributed by atoms with Crippen LogP contribution >= 0.6 is 11.6 Å². The van der Waals surface area contributed by atoms with Crippen LogP contribution in [0.4, 0.5) is 5.82 Å². The molecule has 1 aromatic rings. The summed E-state index contributed by atoms with van der Waals surface area (Å²) < 4.78 is 0. The monoisotopic (exact) mass is 255 g/mol. The second kappa shape index (κ2) is 4.58. The van der Waals surface area contributed by atoms with Crippen molar-refractivity contribution in [1.29, 1.82) is 0 Å². The third-order valence-corrected chi connectivity index (χ3v) is 3.41. The van der Waals surface area contributed by atoms with Crippen LogP contribution in [0.5, 0.6) is 0 Å². The van der Waals surface area contributed by atoms with E-state index >= 15 is 0 Å². The number of anilines is 1. The van der Waals surface area contributed by atoms with Gasteiger partial charge in [-0.05, 0) is 26.2 Å². The first-order chi connectivity index (χ1) is 8.10. The van der Waals surface area contributed by atoms with Gasteiger partial charge >= 0.3 is 0 Å². The Balaban J connectivity index is 2.34. The van der Waals surface area contributed by atoms with E-state index in [1.54, 1.807) is 6.92 Å². The second-order valence-electron chi connectivity index (χ2n) is 4.36. The van der Waals surface area contributed by atoms with Gasteiger partial charge in [0.2, 0.25) is 0 Å². The number of hydrogen-bond donors (Lipinski definition) is 2. The van der Waals surface area contributed by atoms with Crippen LogP contribution in [0.15, 0.2) is 0 Å². The van der Waals surface area contributed by atoms with Crippen LogP contribution < -0.4 is 5.32 Å². The molecule has 92 valence electrons. The summed E-state index contributed by atoms with van der Waals surface area (Å²) in [5, 5.41) is 12.6. The van der Waals surface area contributed by atoms with Gasteiger partial charge in [0.1, 0.15) is 16.8 Å². The topological polar surface area (TPSA) is 75.1 Å². The highest BCUT2D eigenvalue weighted by Gasteiger charge is 2.37. The molecule has 0 spiro atoms. The molecule has 5 nitrogen and oxygen atoms in total. The summed E-state index contributed by atoms with van der Waals surface area (Å²) in [5.74, 6) is 0.904. The highest BCUT2D eigenvalue weighted by atomic mass is 35.5. The van der Waals surface area contributed by atoms with Gasteiger partial charge in [-0.1, -0.05) is 11.6 Å². The third-order valence-electron chi connectivity index (χ3n) is 3.13. The van der Waals surface area contributed by atoms with Crippen molar-refractivity contribution in [3.05, 3.63) is 16.5 Å². The van der Waals surface area contributed by atoms with Gasteiger partial charge in [0.15, 0.2) is 6.29 Å². The maximum Gasteiger partial charge on any atom is 0.156 e. The Bertz CT molecular complexity index is 441. The van der Waals surface area contributed by atoms with Crippen molar-refractivity contribution in [3.8, 4) is 0 Å². The molecule has 6 heteroatoms. The molecular weight excluding hydrogens is 242 g/mol. The van der Waals surface area contributed by atoms with Gasteiger partial charge in [-0.2, -0.15) is 0 Å². The van der Waals surface area contributed by atoms with Crippen LogP contribution in [-0.2, 0) is 0 Å². The number of rotatable bonds is 4. The minimum Gasteiger partial charge on any atom is -0.394 e. The van der Waals surface area contributed by atoms with Crippen molar-refractivity contribution < 1.29 is 9.90 Å². The van der Waals surface area contributed by atoms with E-state index in [1.807, 2.05) is 0 Å². The van der Waals surface area contributed by atoms with E-state index in [1.165, 1.54) is 0 Å². The summed E-state index contributed by atoms with van der Waals surface area (Å²) in [6, 6.07) is 0. The molecule has 2 N–H and O–H groups in total. The van der Waals surface area contributed by atoms with Gasteiger partial charge in [0.25, 0.3) is 0 Å². The zero-order valence-electron chi connectivity index (χ0n) is 9.53. The molecule has 1 saturated carbocycles. The number of aromatic nitrogens is 2. The van der Waals surface area contributed by atoms with Gasteiger partial charge in [-0.25, -0.2) is 9.97 Å². The van der Waals surface area contributed by atoms with Crippen LogP contribution in [0.3, 0.4) is 0 Å². The summed E-state index contributed by atoms with van der Waals surface area (Å²) in [5.41, 5.74) is -0.112. The number of aliphatic hydroxyl groups is 1. The lowest BCUT2D eigenvalue weighted by atomic mass is 9.77. The van der Waals surface area contributed by atoms with Gasteiger partial charge < -0.3 is 10.4 Å². The fourth-order valence-electron chi connectivity index (χ4n) is 1.92. The SMILES string of the molecule is Cc1nc(Cl)c(C=O)c(NC2(CO)CCC2)n1. The zero-order valence-corrected chi connectivity index (χ0v) is 10.3. The first kappa shape index (κ1) is 12.3. The number of carbonyl (C=O) groups excluding carboxylic acids is 1. The quantitative estimate of drug-likeness (QED) is 0.631. The number of nitrogens with one attached hydrogen (secondary N) is 1. The Morgan fingerprint density at radius 2 is 2.24 bits per heavy atom. The molecule has 0 aromatic carbocycles. The smallest absolute Gasteiger partial charge is 0.156 e. The van der Waals surface area contributed by atoms with Crippen LogP contribution in [0.1, 0.15) is 35.4 Å². The summed E-state index contributed by atoms with van der Waals surface area (Å²) in [4.78, 5) is 19.1. The van der Waals surface area contributed by atoms with E-state index in [2.05, 4.69) is 15.3 Å². The summed E-state index contributed by atoms with van der Waals surface area (Å²) in [6.45, 7) is 1.73. The molecule has 0 bridgehead atoms. The molecular formula is C11H14ClN3O2. The maximum atomic E-state index is 11.0. The molecule has 1 heterocycles. The molecule has 1 fully saturated rings. The molecule has 0 aliphatic heterocycles. The van der Waals surface area contributed by atoms with Crippen molar-refractivity contribution in [3.63, 3.8) is 0 Å². The van der Waals surface area contributed by atoms with Crippen LogP contribution in [0.2, 0.25) is 5.15 Å². The number of carbonyl (C=O) groups is 1. The highest BCUT2D eigenvalue weighted by Crippen LogP contribution is 2.35. The van der Waals surface area contributed by atoms with Gasteiger partial charge in [-0.15, -0.1) is 0 Å². The average Bonchev–Trinajstić information content (AvgIpc) is 2.23. The first-order valence-electron chi connectivity index (χ1n) is 5.48. The van der Waals surface area contributed by atoms with Crippen molar-refractivity contribution in [2.24, 2.45) is 0 Å². The van der Waals surface area contributed by atoms with E-state index in [4.69, 9.17) is 11.6 Å². The zero-order chi connectivity index (χ0) is 12.5. The number of aldehydes is 1. The van der Waals surface area contributed by atoms with E-state index in [0.717, 1.165) is 19.3 Å². The summed E-state index contributed by atoms with van der Waals surface area (Å²) in [6.07, 6.45) is 3.42. The Kier molecular flexibility index (Phi) is 3.31. The van der Waals surface area contributed by atoms with Crippen molar-refractivity contribution in [1.82, 2.24) is 9.97 Å². The minimum absolute atomic E-state index is 0.0198. The number of halogens is 1. The Hall–Kier alpha value is -1.20. The molecule has 0 amide bonds. The molecule has 1 aliphatic rings. The van der Waals surface area contributed by atoms with E-state index in [9.17, 15) is 9.90 Å². The van der Waals surface area contributed by atoms with Gasteiger partial charge in [0, 0.05) is 0 Å². The molecule has 0 saturated heterocycles. The molecule has 0 radical (unpaired) electrons. The predicted octanol–water partition coefficient (Wildman–Crippen LogP) is 1.58. The van der Waals surface area contributed by atoms with Crippen molar-refractivity contribution >= 4 is 23.7 Å². The van der Waals surface area contributed by atoms with Gasteiger partial charge in [-0.3, -0.25) is 4.79 Å². The molecule has 1 aromatic heterocycles. The molecule has 2 rings (SSSR count). The van der Waals surface area contributed by atoms with Crippen molar-refractivity contribution in [2.75, 3.05) is 11.9 Å². The Labute approximate surface area is 104 Å². The standard InChI is InChI=1S/C11H14ClN3O2/c1-7-13-9(12)8(5-16)10(14-7)15-11(6-17)3-2-4-11/h5,17H,2-4,6H2,1H3,(H,13,14,15). The van der Waals surface area contributed by atoms with E-state index < -0.39 is 0 Å². The Morgan fingerprint density at radius 1 is 1.53 bits per heavy atom. The average molecular weight is 256 g/mol. The summed E-state index contributed by atoms with van der Waals surface area (Å²) in [7, 11) is 0. The largest absolute Gasteiger partial charge is 0.394 e. The lowest BCUT2D eigenvalue weighted by Crippen LogP contribution is -2.48. The number of hydrogen-bond acceptors (Lipinski definition) is 5. The summed E-state index contributed by atoms with van der Waals surface area (Å²) >= 11 is 5.88. The van der Waals surface area contributed by atoms with E-state index in [0.29, 0.717) is 17.9 Å². The fraction of sp³-hybridized carbons (Fsp3) is 0.545. The number of aryl methyl sites for hydroxylation is 1. The molecule has 0 unspecified atom stereocenters. The van der Waals surface area contributed by atoms with Crippen LogP contribution in [0, 0.1) is 6.92 Å².